The zero-order chi connectivity index (χ0) is 9.14. The zero-order valence-electron chi connectivity index (χ0n) is 6.03. The van der Waals surface area contributed by atoms with Gasteiger partial charge in [0.05, 0.1) is 5.97 Å². The molecule has 3 nitrogen and oxygen atoms in total. The van der Waals surface area contributed by atoms with E-state index in [0.717, 1.165) is 0 Å². The van der Waals surface area contributed by atoms with Gasteiger partial charge in [0.15, 0.2) is 0 Å². The summed E-state index contributed by atoms with van der Waals surface area (Å²) in [5.74, 6) is -1.55. The van der Waals surface area contributed by atoms with Gasteiger partial charge in [0.1, 0.15) is 6.10 Å². The summed E-state index contributed by atoms with van der Waals surface area (Å²) in [4.78, 5) is 10.2. The molecule has 0 heterocycles. The topological polar surface area (TPSA) is 60.4 Å². The molecule has 1 rings (SSSR count). The molecule has 0 bridgehead atoms. The number of halogens is 1. The van der Waals surface area contributed by atoms with Crippen molar-refractivity contribution in [3.8, 4) is 0 Å². The van der Waals surface area contributed by atoms with Crippen LogP contribution >= 0.6 is 11.6 Å². The van der Waals surface area contributed by atoms with Crippen LogP contribution in [0.1, 0.15) is 11.7 Å². The molecule has 0 aliphatic heterocycles. The van der Waals surface area contributed by atoms with Gasteiger partial charge in [0.25, 0.3) is 0 Å². The second-order valence-electron chi connectivity index (χ2n) is 2.24. The number of aliphatic hydroxyl groups is 1. The summed E-state index contributed by atoms with van der Waals surface area (Å²) >= 11 is 5.61. The molecule has 12 heavy (non-hydrogen) atoms. The lowest BCUT2D eigenvalue weighted by molar-refractivity contribution is -0.315. The van der Waals surface area contributed by atoms with Crippen molar-refractivity contribution < 1.29 is 15.0 Å². The first kappa shape index (κ1) is 9.03. The molecule has 0 saturated heterocycles. The highest BCUT2D eigenvalue weighted by Gasteiger charge is 2.10. The van der Waals surface area contributed by atoms with Crippen molar-refractivity contribution in [3.05, 3.63) is 34.9 Å². The number of carboxylic acids is 1. The first-order valence-electron chi connectivity index (χ1n) is 3.26. The van der Waals surface area contributed by atoms with Gasteiger partial charge in [-0.3, -0.25) is 0 Å². The van der Waals surface area contributed by atoms with Crippen LogP contribution in [0.25, 0.3) is 0 Å². The van der Waals surface area contributed by atoms with E-state index in [0.29, 0.717) is 0 Å². The minimum atomic E-state index is -1.65. The number of benzene rings is 1. The van der Waals surface area contributed by atoms with E-state index in [9.17, 15) is 9.90 Å². The monoisotopic (exact) mass is 185 g/mol. The van der Waals surface area contributed by atoms with Crippen LogP contribution in [-0.2, 0) is 4.79 Å². The Labute approximate surface area is 74.2 Å². The Morgan fingerprint density at radius 1 is 1.50 bits per heavy atom. The molecule has 0 aliphatic carbocycles. The van der Waals surface area contributed by atoms with Gasteiger partial charge in [-0.15, -0.1) is 0 Å². The highest BCUT2D eigenvalue weighted by atomic mass is 35.5. The molecular formula is C8H6ClO3-. The molecule has 64 valence electrons. The Kier molecular flexibility index (Phi) is 2.68. The molecule has 1 aromatic rings. The number of carbonyl (C=O) groups excluding carboxylic acids is 1. The van der Waals surface area contributed by atoms with E-state index in [4.69, 9.17) is 16.7 Å². The van der Waals surface area contributed by atoms with Gasteiger partial charge >= 0.3 is 0 Å². The Morgan fingerprint density at radius 3 is 2.58 bits per heavy atom. The molecule has 0 unspecified atom stereocenters. The van der Waals surface area contributed by atoms with Crippen LogP contribution in [0.3, 0.4) is 0 Å². The number of hydrogen-bond acceptors (Lipinski definition) is 3. The second kappa shape index (κ2) is 3.56. The summed E-state index contributed by atoms with van der Waals surface area (Å²) in [6.45, 7) is 0. The standard InChI is InChI=1S/C8H7ClO3/c9-6-4-2-1-3-5(6)7(10)8(11)12/h1-4,7,10H,(H,11,12)/p-1/t7-/m1/s1. The minimum Gasteiger partial charge on any atom is -0.547 e. The number of hydrogen-bond donors (Lipinski definition) is 1. The van der Waals surface area contributed by atoms with E-state index in [1.807, 2.05) is 0 Å². The number of rotatable bonds is 2. The zero-order valence-corrected chi connectivity index (χ0v) is 6.78. The molecule has 0 radical (unpaired) electrons. The van der Waals surface area contributed by atoms with Crippen molar-refractivity contribution >= 4 is 17.6 Å². The molecule has 0 aliphatic rings. The summed E-state index contributed by atoms with van der Waals surface area (Å²) < 4.78 is 0. The van der Waals surface area contributed by atoms with Crippen LogP contribution in [-0.4, -0.2) is 11.1 Å². The van der Waals surface area contributed by atoms with Crippen LogP contribution < -0.4 is 5.11 Å². The number of aliphatic carboxylic acids is 1. The maximum absolute atomic E-state index is 10.2. The highest BCUT2D eigenvalue weighted by Crippen LogP contribution is 2.21. The maximum Gasteiger partial charge on any atom is 0.120 e. The maximum atomic E-state index is 10.2. The van der Waals surface area contributed by atoms with Crippen molar-refractivity contribution in [2.45, 2.75) is 6.10 Å². The first-order chi connectivity index (χ1) is 5.63. The van der Waals surface area contributed by atoms with E-state index in [1.54, 1.807) is 12.1 Å². The SMILES string of the molecule is O=C([O-])[C@H](O)c1ccccc1Cl. The molecule has 4 heteroatoms. The molecule has 0 aromatic heterocycles. The summed E-state index contributed by atoms with van der Waals surface area (Å²) in [5.41, 5.74) is 0.152. The average molecular weight is 186 g/mol. The van der Waals surface area contributed by atoms with Crippen molar-refractivity contribution in [2.75, 3.05) is 0 Å². The Morgan fingerprint density at radius 2 is 2.08 bits per heavy atom. The predicted molar refractivity (Wildman–Crippen MR) is 41.4 cm³/mol. The fourth-order valence-corrected chi connectivity index (χ4v) is 1.06. The minimum absolute atomic E-state index is 0.152. The van der Waals surface area contributed by atoms with E-state index in [-0.39, 0.29) is 10.6 Å². The van der Waals surface area contributed by atoms with Crippen LogP contribution in [0.15, 0.2) is 24.3 Å². The Bertz CT molecular complexity index is 298. The summed E-state index contributed by atoms with van der Waals surface area (Å²) in [5, 5.41) is 19.5. The lowest BCUT2D eigenvalue weighted by atomic mass is 10.1. The van der Waals surface area contributed by atoms with Crippen LogP contribution in [0.2, 0.25) is 5.02 Å². The number of carboxylic acid groups (broad SMARTS) is 1. The third kappa shape index (κ3) is 1.75. The van der Waals surface area contributed by atoms with Gasteiger partial charge in [0, 0.05) is 10.6 Å². The molecular weight excluding hydrogens is 180 g/mol. The summed E-state index contributed by atoms with van der Waals surface area (Å²) in [6, 6.07) is 6.17. The third-order valence-electron chi connectivity index (χ3n) is 1.42. The molecule has 0 fully saturated rings. The summed E-state index contributed by atoms with van der Waals surface area (Å²) in [7, 11) is 0. The summed E-state index contributed by atoms with van der Waals surface area (Å²) in [6.07, 6.45) is -1.65. The van der Waals surface area contributed by atoms with Crippen LogP contribution in [0.4, 0.5) is 0 Å². The first-order valence-corrected chi connectivity index (χ1v) is 3.64. The van der Waals surface area contributed by atoms with Crippen molar-refractivity contribution in [2.24, 2.45) is 0 Å². The van der Waals surface area contributed by atoms with Gasteiger partial charge < -0.3 is 15.0 Å². The predicted octanol–water partition coefficient (Wildman–Crippen LogP) is 0.123. The average Bonchev–Trinajstić information content (AvgIpc) is 2.04. The normalized spacial score (nSPS) is 12.5. The molecule has 0 amide bonds. The van der Waals surface area contributed by atoms with Gasteiger partial charge in [-0.2, -0.15) is 0 Å². The largest absolute Gasteiger partial charge is 0.547 e. The number of carbonyl (C=O) groups is 1. The number of aliphatic hydroxyl groups excluding tert-OH is 1. The Hall–Kier alpha value is -1.06. The third-order valence-corrected chi connectivity index (χ3v) is 1.77. The van der Waals surface area contributed by atoms with Crippen LogP contribution in [0.5, 0.6) is 0 Å². The van der Waals surface area contributed by atoms with Crippen molar-refractivity contribution in [1.29, 1.82) is 0 Å². The molecule has 1 N–H and O–H groups in total. The lowest BCUT2D eigenvalue weighted by Gasteiger charge is -2.12. The van der Waals surface area contributed by atoms with Gasteiger partial charge in [-0.1, -0.05) is 29.8 Å². The molecule has 0 saturated carbocycles. The molecule has 1 atom stereocenters. The van der Waals surface area contributed by atoms with Gasteiger partial charge in [-0.25, -0.2) is 0 Å². The molecule has 0 spiro atoms. The van der Waals surface area contributed by atoms with E-state index in [2.05, 4.69) is 0 Å². The Balaban J connectivity index is 3.02. The van der Waals surface area contributed by atoms with Gasteiger partial charge in [0.2, 0.25) is 0 Å². The van der Waals surface area contributed by atoms with Gasteiger partial charge in [-0.05, 0) is 6.07 Å². The van der Waals surface area contributed by atoms with E-state index in [1.165, 1.54) is 12.1 Å². The molecule has 1 aromatic carbocycles. The van der Waals surface area contributed by atoms with Crippen LogP contribution in [0, 0.1) is 0 Å². The fourth-order valence-electron chi connectivity index (χ4n) is 0.824. The highest BCUT2D eigenvalue weighted by molar-refractivity contribution is 6.31. The quantitative estimate of drug-likeness (QED) is 0.712. The van der Waals surface area contributed by atoms with E-state index < -0.39 is 12.1 Å². The fraction of sp³-hybridized carbons (Fsp3) is 0.125. The van der Waals surface area contributed by atoms with Crippen molar-refractivity contribution in [1.82, 2.24) is 0 Å². The van der Waals surface area contributed by atoms with E-state index >= 15 is 0 Å². The lowest BCUT2D eigenvalue weighted by Crippen LogP contribution is -2.29. The van der Waals surface area contributed by atoms with Crippen molar-refractivity contribution in [3.63, 3.8) is 0 Å². The second-order valence-corrected chi connectivity index (χ2v) is 2.65. The smallest absolute Gasteiger partial charge is 0.120 e.